The van der Waals surface area contributed by atoms with Crippen LogP contribution in [0.4, 0.5) is 0 Å². The van der Waals surface area contributed by atoms with Crippen molar-refractivity contribution in [3.05, 3.63) is 62.5 Å². The van der Waals surface area contributed by atoms with Crippen LogP contribution in [0.2, 0.25) is 0 Å². The molecule has 0 aliphatic heterocycles. The summed E-state index contributed by atoms with van der Waals surface area (Å²) >= 11 is 1.54. The summed E-state index contributed by atoms with van der Waals surface area (Å²) in [4.78, 5) is 30.8. The molecule has 0 bridgehead atoms. The Bertz CT molecular complexity index is 1020. The summed E-state index contributed by atoms with van der Waals surface area (Å²) in [5.74, 6) is -0.570. The molecule has 25 heavy (non-hydrogen) atoms. The van der Waals surface area contributed by atoms with Crippen LogP contribution in [0.5, 0.6) is 5.75 Å². The number of carbonyl (C=O) groups is 1. The lowest BCUT2D eigenvalue weighted by Gasteiger charge is -2.10. The fourth-order valence-corrected chi connectivity index (χ4v) is 4.30. The van der Waals surface area contributed by atoms with Gasteiger partial charge in [0, 0.05) is 16.6 Å². The number of nitrogens with zero attached hydrogens (tertiary/aromatic N) is 2. The number of hydrogen-bond acceptors (Lipinski definition) is 6. The number of ether oxygens (including phenoxy) is 1. The Balaban J connectivity index is 1.58. The minimum absolute atomic E-state index is 0.00333. The third-order valence-electron chi connectivity index (χ3n) is 4.25. The van der Waals surface area contributed by atoms with Crippen molar-refractivity contribution in [3.63, 3.8) is 0 Å². The van der Waals surface area contributed by atoms with Crippen LogP contribution in [0.25, 0.3) is 4.96 Å². The second-order valence-electron chi connectivity index (χ2n) is 6.01. The minimum Gasteiger partial charge on any atom is -0.508 e. The first-order valence-corrected chi connectivity index (χ1v) is 8.93. The molecule has 6 nitrogen and oxygen atoms in total. The predicted molar refractivity (Wildman–Crippen MR) is 93.2 cm³/mol. The van der Waals surface area contributed by atoms with E-state index in [9.17, 15) is 14.7 Å². The van der Waals surface area contributed by atoms with Crippen molar-refractivity contribution in [2.24, 2.45) is 0 Å². The Morgan fingerprint density at radius 3 is 2.96 bits per heavy atom. The van der Waals surface area contributed by atoms with Crippen molar-refractivity contribution in [1.29, 1.82) is 0 Å². The van der Waals surface area contributed by atoms with Crippen LogP contribution in [-0.2, 0) is 24.2 Å². The predicted octanol–water partition coefficient (Wildman–Crippen LogP) is 2.70. The molecule has 0 radical (unpaired) electrons. The summed E-state index contributed by atoms with van der Waals surface area (Å²) < 4.78 is 6.90. The lowest BCUT2D eigenvalue weighted by Crippen LogP contribution is -2.18. The molecule has 0 unspecified atom stereocenters. The fraction of sp³-hybridized carbons (Fsp3) is 0.278. The molecule has 128 valence electrons. The Labute approximate surface area is 147 Å². The van der Waals surface area contributed by atoms with E-state index in [4.69, 9.17) is 4.74 Å². The fourth-order valence-electron chi connectivity index (χ4n) is 3.07. The van der Waals surface area contributed by atoms with Crippen molar-refractivity contribution in [1.82, 2.24) is 9.38 Å². The number of aryl methyl sites for hydroxylation is 2. The smallest absolute Gasteiger partial charge is 0.338 e. The lowest BCUT2D eigenvalue weighted by atomic mass is 10.0. The molecule has 3 aromatic rings. The third-order valence-corrected chi connectivity index (χ3v) is 5.39. The molecule has 1 aliphatic rings. The zero-order valence-electron chi connectivity index (χ0n) is 13.4. The molecule has 0 saturated heterocycles. The molecule has 0 amide bonds. The van der Waals surface area contributed by atoms with Crippen molar-refractivity contribution in [3.8, 4) is 5.75 Å². The maximum Gasteiger partial charge on any atom is 0.338 e. The normalized spacial score (nSPS) is 13.6. The van der Waals surface area contributed by atoms with Crippen LogP contribution < -0.4 is 5.56 Å². The molecule has 2 aromatic heterocycles. The quantitative estimate of drug-likeness (QED) is 0.730. The van der Waals surface area contributed by atoms with E-state index in [1.165, 1.54) is 34.4 Å². The van der Waals surface area contributed by atoms with Crippen LogP contribution in [-0.4, -0.2) is 20.5 Å². The number of aromatic nitrogens is 2. The van der Waals surface area contributed by atoms with Gasteiger partial charge in [-0.15, -0.1) is 11.3 Å². The molecule has 0 spiro atoms. The van der Waals surface area contributed by atoms with E-state index in [0.29, 0.717) is 10.7 Å². The SMILES string of the molecule is O=C(OCc1cc(=O)n2c3c(sc2n1)CCCC3)c1cccc(O)c1. The van der Waals surface area contributed by atoms with Gasteiger partial charge in [-0.25, -0.2) is 9.78 Å². The standard InChI is InChI=1S/C18H16N2O4S/c21-13-5-3-4-11(8-13)17(23)24-10-12-9-16(22)20-14-6-1-2-7-15(14)25-18(20)19-12/h3-5,8-9,21H,1-2,6-7,10H2. The molecule has 0 fully saturated rings. The highest BCUT2D eigenvalue weighted by Crippen LogP contribution is 2.28. The van der Waals surface area contributed by atoms with Gasteiger partial charge in [-0.2, -0.15) is 0 Å². The first-order valence-electron chi connectivity index (χ1n) is 8.11. The van der Waals surface area contributed by atoms with Gasteiger partial charge in [-0.1, -0.05) is 6.07 Å². The van der Waals surface area contributed by atoms with Gasteiger partial charge in [0.15, 0.2) is 4.96 Å². The van der Waals surface area contributed by atoms with E-state index >= 15 is 0 Å². The Morgan fingerprint density at radius 2 is 2.12 bits per heavy atom. The van der Waals surface area contributed by atoms with E-state index in [1.807, 2.05) is 0 Å². The maximum atomic E-state index is 12.4. The van der Waals surface area contributed by atoms with Crippen LogP contribution in [0.1, 0.15) is 39.5 Å². The highest BCUT2D eigenvalue weighted by molar-refractivity contribution is 7.17. The number of hydrogen-bond donors (Lipinski definition) is 1. The van der Waals surface area contributed by atoms with Crippen LogP contribution in [0.3, 0.4) is 0 Å². The summed E-state index contributed by atoms with van der Waals surface area (Å²) in [5.41, 5.74) is 1.63. The number of esters is 1. The Hall–Kier alpha value is -2.67. The Kier molecular flexibility index (Phi) is 4.01. The summed E-state index contributed by atoms with van der Waals surface area (Å²) in [6.07, 6.45) is 4.13. The van der Waals surface area contributed by atoms with E-state index < -0.39 is 5.97 Å². The topological polar surface area (TPSA) is 80.9 Å². The van der Waals surface area contributed by atoms with Crippen molar-refractivity contribution < 1.29 is 14.6 Å². The number of thiazole rings is 1. The molecule has 0 saturated carbocycles. The van der Waals surface area contributed by atoms with E-state index in [2.05, 4.69) is 4.98 Å². The van der Waals surface area contributed by atoms with Crippen molar-refractivity contribution in [2.45, 2.75) is 32.3 Å². The van der Waals surface area contributed by atoms with Crippen LogP contribution in [0, 0.1) is 0 Å². The number of phenolic OH excluding ortho intramolecular Hbond substituents is 1. The molecule has 7 heteroatoms. The highest BCUT2D eigenvalue weighted by atomic mass is 32.1. The zero-order chi connectivity index (χ0) is 17.4. The van der Waals surface area contributed by atoms with Gasteiger partial charge in [0.05, 0.1) is 11.3 Å². The van der Waals surface area contributed by atoms with E-state index in [1.54, 1.807) is 16.5 Å². The van der Waals surface area contributed by atoms with Gasteiger partial charge in [0.25, 0.3) is 5.56 Å². The van der Waals surface area contributed by atoms with Gasteiger partial charge in [-0.3, -0.25) is 9.20 Å². The average Bonchev–Trinajstić information content (AvgIpc) is 2.98. The van der Waals surface area contributed by atoms with Gasteiger partial charge in [0.2, 0.25) is 0 Å². The van der Waals surface area contributed by atoms with E-state index in [-0.39, 0.29) is 23.5 Å². The third kappa shape index (κ3) is 3.02. The maximum absolute atomic E-state index is 12.4. The Morgan fingerprint density at radius 1 is 1.28 bits per heavy atom. The molecule has 1 aliphatic carbocycles. The number of aromatic hydroxyl groups is 1. The molecule has 4 rings (SSSR count). The first-order chi connectivity index (χ1) is 12.1. The minimum atomic E-state index is -0.566. The summed E-state index contributed by atoms with van der Waals surface area (Å²) in [7, 11) is 0. The number of benzene rings is 1. The second kappa shape index (κ2) is 6.33. The molecular weight excluding hydrogens is 340 g/mol. The molecule has 2 heterocycles. The number of phenols is 1. The zero-order valence-corrected chi connectivity index (χ0v) is 14.2. The van der Waals surface area contributed by atoms with Gasteiger partial charge >= 0.3 is 5.97 Å². The van der Waals surface area contributed by atoms with Crippen molar-refractivity contribution in [2.75, 3.05) is 0 Å². The first kappa shape index (κ1) is 15.8. The summed E-state index contributed by atoms with van der Waals surface area (Å²) in [5, 5.41) is 9.42. The van der Waals surface area contributed by atoms with E-state index in [0.717, 1.165) is 31.4 Å². The summed E-state index contributed by atoms with van der Waals surface area (Å²) in [6, 6.07) is 7.36. The van der Waals surface area contributed by atoms with Gasteiger partial charge in [-0.05, 0) is 43.9 Å². The van der Waals surface area contributed by atoms with Crippen molar-refractivity contribution >= 4 is 22.3 Å². The average molecular weight is 356 g/mol. The van der Waals surface area contributed by atoms with Crippen LogP contribution >= 0.6 is 11.3 Å². The second-order valence-corrected chi connectivity index (χ2v) is 7.07. The van der Waals surface area contributed by atoms with Gasteiger partial charge < -0.3 is 9.84 Å². The monoisotopic (exact) mass is 356 g/mol. The molecule has 0 atom stereocenters. The lowest BCUT2D eigenvalue weighted by molar-refractivity contribution is 0.0467. The van der Waals surface area contributed by atoms with Gasteiger partial charge in [0.1, 0.15) is 12.4 Å². The number of rotatable bonds is 3. The largest absolute Gasteiger partial charge is 0.508 e. The summed E-state index contributed by atoms with van der Waals surface area (Å²) in [6.45, 7) is -0.0806. The molecule has 1 aromatic carbocycles. The highest BCUT2D eigenvalue weighted by Gasteiger charge is 2.19. The van der Waals surface area contributed by atoms with Crippen LogP contribution in [0.15, 0.2) is 35.1 Å². The number of carbonyl (C=O) groups excluding carboxylic acids is 1. The number of fused-ring (bicyclic) bond motifs is 3. The molecular formula is C18H16N2O4S. The molecule has 1 N–H and O–H groups in total.